The van der Waals surface area contributed by atoms with Crippen LogP contribution in [0.4, 0.5) is 0 Å². The number of hydrogen-bond acceptors (Lipinski definition) is 2. The molecule has 0 amide bonds. The van der Waals surface area contributed by atoms with Gasteiger partial charge in [-0.25, -0.2) is 0 Å². The zero-order valence-corrected chi connectivity index (χ0v) is 11.8. The molecule has 1 unspecified atom stereocenters. The second-order valence-electron chi connectivity index (χ2n) is 4.55. The predicted octanol–water partition coefficient (Wildman–Crippen LogP) is 4.34. The second kappa shape index (κ2) is 6.17. The van der Waals surface area contributed by atoms with Crippen LogP contribution in [-0.4, -0.2) is 5.11 Å². The lowest BCUT2D eigenvalue weighted by Crippen LogP contribution is -1.97. The Bertz CT molecular complexity index is 484. The van der Waals surface area contributed by atoms with Gasteiger partial charge in [-0.3, -0.25) is 0 Å². The summed E-state index contributed by atoms with van der Waals surface area (Å²) in [6.45, 7) is 4.32. The molecule has 1 heterocycles. The number of aliphatic hydroxyl groups excluding tert-OH is 1. The lowest BCUT2D eigenvalue weighted by molar-refractivity contribution is 0.224. The van der Waals surface area contributed by atoms with E-state index in [-0.39, 0.29) is 0 Å². The molecular formula is C16H20OS. The van der Waals surface area contributed by atoms with Crippen LogP contribution in [0.25, 0.3) is 0 Å². The first kappa shape index (κ1) is 13.3. The van der Waals surface area contributed by atoms with Crippen molar-refractivity contribution < 1.29 is 5.11 Å². The first-order valence-electron chi connectivity index (χ1n) is 6.60. The van der Waals surface area contributed by atoms with Crippen molar-refractivity contribution in [3.8, 4) is 0 Å². The van der Waals surface area contributed by atoms with Crippen LogP contribution in [0.3, 0.4) is 0 Å². The van der Waals surface area contributed by atoms with Gasteiger partial charge in [0.2, 0.25) is 0 Å². The van der Waals surface area contributed by atoms with Gasteiger partial charge in [-0.1, -0.05) is 44.5 Å². The van der Waals surface area contributed by atoms with E-state index >= 15 is 0 Å². The molecule has 2 rings (SSSR count). The topological polar surface area (TPSA) is 20.2 Å². The molecule has 2 heteroatoms. The minimum absolute atomic E-state index is 0.481. The monoisotopic (exact) mass is 260 g/mol. The summed E-state index contributed by atoms with van der Waals surface area (Å²) >= 11 is 1.70. The van der Waals surface area contributed by atoms with Gasteiger partial charge in [0, 0.05) is 9.75 Å². The molecule has 18 heavy (non-hydrogen) atoms. The lowest BCUT2D eigenvalue weighted by Gasteiger charge is -2.09. The van der Waals surface area contributed by atoms with Crippen molar-refractivity contribution in [1.82, 2.24) is 0 Å². The van der Waals surface area contributed by atoms with Gasteiger partial charge in [-0.05, 0) is 36.1 Å². The third kappa shape index (κ3) is 3.01. The normalized spacial score (nSPS) is 12.6. The predicted molar refractivity (Wildman–Crippen MR) is 78.2 cm³/mol. The minimum Gasteiger partial charge on any atom is -0.383 e. The maximum absolute atomic E-state index is 10.3. The fourth-order valence-corrected chi connectivity index (χ4v) is 3.02. The highest BCUT2D eigenvalue weighted by Gasteiger charge is 2.12. The quantitative estimate of drug-likeness (QED) is 0.847. The van der Waals surface area contributed by atoms with Gasteiger partial charge in [0.25, 0.3) is 0 Å². The van der Waals surface area contributed by atoms with Gasteiger partial charge in [0.05, 0.1) is 0 Å². The summed E-state index contributed by atoms with van der Waals surface area (Å²) in [6.07, 6.45) is 2.82. The summed E-state index contributed by atoms with van der Waals surface area (Å²) in [5, 5.41) is 10.3. The van der Waals surface area contributed by atoms with Crippen molar-refractivity contribution in [2.45, 2.75) is 39.2 Å². The molecule has 96 valence electrons. The number of aryl methyl sites for hydroxylation is 2. The molecule has 0 aliphatic heterocycles. The van der Waals surface area contributed by atoms with Crippen LogP contribution in [-0.2, 0) is 12.8 Å². The Morgan fingerprint density at radius 3 is 2.33 bits per heavy atom. The summed E-state index contributed by atoms with van der Waals surface area (Å²) in [7, 11) is 0. The first-order valence-corrected chi connectivity index (χ1v) is 7.41. The van der Waals surface area contributed by atoms with Crippen LogP contribution < -0.4 is 0 Å². The molecule has 0 fully saturated rings. The van der Waals surface area contributed by atoms with E-state index in [1.54, 1.807) is 11.3 Å². The molecule has 2 aromatic rings. The van der Waals surface area contributed by atoms with Crippen molar-refractivity contribution in [1.29, 1.82) is 0 Å². The molecule has 0 saturated carbocycles. The van der Waals surface area contributed by atoms with Crippen LogP contribution >= 0.6 is 11.3 Å². The Hall–Kier alpha value is -1.12. The maximum Gasteiger partial charge on any atom is 0.113 e. The molecule has 0 aliphatic rings. The van der Waals surface area contributed by atoms with Gasteiger partial charge < -0.3 is 5.11 Å². The van der Waals surface area contributed by atoms with E-state index in [9.17, 15) is 5.11 Å². The van der Waals surface area contributed by atoms with Crippen LogP contribution in [0.15, 0.2) is 36.4 Å². The average molecular weight is 260 g/mol. The Morgan fingerprint density at radius 2 is 1.78 bits per heavy atom. The minimum atomic E-state index is -0.481. The van der Waals surface area contributed by atoms with Crippen molar-refractivity contribution >= 4 is 11.3 Å². The van der Waals surface area contributed by atoms with E-state index in [4.69, 9.17) is 0 Å². The van der Waals surface area contributed by atoms with Crippen molar-refractivity contribution in [3.05, 3.63) is 57.3 Å². The number of benzene rings is 1. The zero-order chi connectivity index (χ0) is 13.0. The van der Waals surface area contributed by atoms with Gasteiger partial charge in [0.1, 0.15) is 6.10 Å². The molecule has 0 saturated heterocycles. The Morgan fingerprint density at radius 1 is 1.06 bits per heavy atom. The van der Waals surface area contributed by atoms with E-state index < -0.39 is 6.10 Å². The van der Waals surface area contributed by atoms with Crippen LogP contribution in [0.5, 0.6) is 0 Å². The van der Waals surface area contributed by atoms with Crippen molar-refractivity contribution in [2.75, 3.05) is 0 Å². The van der Waals surface area contributed by atoms with E-state index in [2.05, 4.69) is 32.0 Å². The molecule has 1 nitrogen and oxygen atoms in total. The molecule has 1 aromatic carbocycles. The standard InChI is InChI=1S/C16H20OS/c1-3-5-12-6-8-13(9-7-12)16(17)15-11-10-14(4-2)18-15/h6-11,16-17H,3-5H2,1-2H3. The van der Waals surface area contributed by atoms with E-state index in [1.165, 1.54) is 10.4 Å². The molecule has 1 aromatic heterocycles. The molecule has 0 aliphatic carbocycles. The number of aliphatic hydroxyl groups is 1. The van der Waals surface area contributed by atoms with Crippen LogP contribution in [0, 0.1) is 0 Å². The fourth-order valence-electron chi connectivity index (χ4n) is 2.05. The summed E-state index contributed by atoms with van der Waals surface area (Å²) in [6, 6.07) is 12.5. The molecule has 0 spiro atoms. The first-order chi connectivity index (χ1) is 8.74. The Labute approximate surface area is 113 Å². The summed E-state index contributed by atoms with van der Waals surface area (Å²) < 4.78 is 0. The Kier molecular flexibility index (Phi) is 4.56. The third-order valence-electron chi connectivity index (χ3n) is 3.13. The van der Waals surface area contributed by atoms with Gasteiger partial charge >= 0.3 is 0 Å². The zero-order valence-electron chi connectivity index (χ0n) is 11.0. The highest BCUT2D eigenvalue weighted by atomic mass is 32.1. The summed E-state index contributed by atoms with van der Waals surface area (Å²) in [4.78, 5) is 2.36. The van der Waals surface area contributed by atoms with Crippen molar-refractivity contribution in [2.24, 2.45) is 0 Å². The third-order valence-corrected chi connectivity index (χ3v) is 4.42. The number of hydrogen-bond donors (Lipinski definition) is 1. The van der Waals surface area contributed by atoms with Gasteiger partial charge in [0.15, 0.2) is 0 Å². The highest BCUT2D eigenvalue weighted by molar-refractivity contribution is 7.12. The van der Waals surface area contributed by atoms with E-state index in [0.29, 0.717) is 0 Å². The number of rotatable bonds is 5. The largest absolute Gasteiger partial charge is 0.383 e. The van der Waals surface area contributed by atoms with Gasteiger partial charge in [-0.2, -0.15) is 0 Å². The van der Waals surface area contributed by atoms with Crippen molar-refractivity contribution in [3.63, 3.8) is 0 Å². The van der Waals surface area contributed by atoms with Crippen LogP contribution in [0.2, 0.25) is 0 Å². The molecule has 1 N–H and O–H groups in total. The average Bonchev–Trinajstić information content (AvgIpc) is 2.88. The number of thiophene rings is 1. The SMILES string of the molecule is CCCc1ccc(C(O)c2ccc(CC)s2)cc1. The Balaban J connectivity index is 2.14. The molecular weight excluding hydrogens is 240 g/mol. The van der Waals surface area contributed by atoms with E-state index in [0.717, 1.165) is 29.7 Å². The smallest absolute Gasteiger partial charge is 0.113 e. The molecule has 1 atom stereocenters. The van der Waals surface area contributed by atoms with Crippen LogP contribution in [0.1, 0.15) is 47.3 Å². The molecule has 0 radical (unpaired) electrons. The summed E-state index contributed by atoms with van der Waals surface area (Å²) in [5.41, 5.74) is 2.33. The van der Waals surface area contributed by atoms with Gasteiger partial charge in [-0.15, -0.1) is 11.3 Å². The maximum atomic E-state index is 10.3. The highest BCUT2D eigenvalue weighted by Crippen LogP contribution is 2.28. The fraction of sp³-hybridized carbons (Fsp3) is 0.375. The lowest BCUT2D eigenvalue weighted by atomic mass is 10.0. The molecule has 0 bridgehead atoms. The van der Waals surface area contributed by atoms with E-state index in [1.807, 2.05) is 18.2 Å². The second-order valence-corrected chi connectivity index (χ2v) is 5.75. The summed E-state index contributed by atoms with van der Waals surface area (Å²) in [5.74, 6) is 0.